The normalized spacial score (nSPS) is 11.4. The number of sulfonamides is 1. The van der Waals surface area contributed by atoms with Gasteiger partial charge in [0.25, 0.3) is 10.0 Å². The van der Waals surface area contributed by atoms with Gasteiger partial charge in [-0.15, -0.1) is 0 Å². The van der Waals surface area contributed by atoms with Crippen molar-refractivity contribution in [3.05, 3.63) is 53.1 Å². The van der Waals surface area contributed by atoms with Gasteiger partial charge in [-0.05, 0) is 49.2 Å². The summed E-state index contributed by atoms with van der Waals surface area (Å²) in [6.07, 6.45) is 0. The van der Waals surface area contributed by atoms with E-state index in [-0.39, 0.29) is 10.6 Å². The number of anilines is 2. The van der Waals surface area contributed by atoms with Crippen LogP contribution in [0.4, 0.5) is 20.2 Å². The quantitative estimate of drug-likeness (QED) is 0.856. The minimum Gasteiger partial charge on any atom is -0.398 e. The van der Waals surface area contributed by atoms with Crippen molar-refractivity contribution in [2.75, 3.05) is 10.5 Å². The summed E-state index contributed by atoms with van der Waals surface area (Å²) in [6, 6.07) is 5.55. The summed E-state index contributed by atoms with van der Waals surface area (Å²) in [5, 5.41) is 0. The highest BCUT2D eigenvalue weighted by molar-refractivity contribution is 7.92. The van der Waals surface area contributed by atoms with Gasteiger partial charge in [0.05, 0.1) is 10.6 Å². The van der Waals surface area contributed by atoms with E-state index in [9.17, 15) is 17.2 Å². The molecule has 4 nitrogen and oxygen atoms in total. The second-order valence-corrected chi connectivity index (χ2v) is 6.37. The molecule has 0 saturated heterocycles. The lowest BCUT2D eigenvalue weighted by molar-refractivity contribution is 0.509. The Labute approximate surface area is 121 Å². The molecule has 0 bridgehead atoms. The molecule has 0 atom stereocenters. The molecule has 0 aliphatic rings. The van der Waals surface area contributed by atoms with Gasteiger partial charge in [0, 0.05) is 11.8 Å². The molecule has 0 amide bonds. The first kappa shape index (κ1) is 15.2. The van der Waals surface area contributed by atoms with Gasteiger partial charge in [0.1, 0.15) is 0 Å². The average Bonchev–Trinajstić information content (AvgIpc) is 2.39. The Balaban J connectivity index is 2.40. The van der Waals surface area contributed by atoms with Crippen LogP contribution in [0.15, 0.2) is 35.2 Å². The lowest BCUT2D eigenvalue weighted by atomic mass is 10.1. The van der Waals surface area contributed by atoms with Crippen molar-refractivity contribution in [1.29, 1.82) is 0 Å². The number of rotatable bonds is 3. The van der Waals surface area contributed by atoms with Crippen LogP contribution in [0.25, 0.3) is 0 Å². The molecule has 0 spiro atoms. The van der Waals surface area contributed by atoms with Crippen LogP contribution in [0.2, 0.25) is 0 Å². The van der Waals surface area contributed by atoms with E-state index >= 15 is 0 Å². The van der Waals surface area contributed by atoms with Crippen LogP contribution in [0.5, 0.6) is 0 Å². The number of benzene rings is 2. The first-order valence-corrected chi connectivity index (χ1v) is 7.53. The summed E-state index contributed by atoms with van der Waals surface area (Å²) in [6.45, 7) is 3.52. The molecule has 112 valence electrons. The molecular formula is C14H14F2N2O2S. The maximum atomic E-state index is 13.1. The minimum atomic E-state index is -3.92. The zero-order chi connectivity index (χ0) is 15.8. The van der Waals surface area contributed by atoms with Gasteiger partial charge in [0.15, 0.2) is 11.6 Å². The molecule has 2 aromatic rings. The molecule has 0 aliphatic carbocycles. The lowest BCUT2D eigenvalue weighted by Crippen LogP contribution is -2.14. The van der Waals surface area contributed by atoms with Gasteiger partial charge >= 0.3 is 0 Å². The molecule has 0 aliphatic heterocycles. The van der Waals surface area contributed by atoms with Crippen LogP contribution in [-0.2, 0) is 10.0 Å². The molecule has 0 heterocycles. The third-order valence-corrected chi connectivity index (χ3v) is 4.52. The minimum absolute atomic E-state index is 0.0344. The monoisotopic (exact) mass is 312 g/mol. The number of halogens is 2. The van der Waals surface area contributed by atoms with Crippen molar-refractivity contribution in [2.45, 2.75) is 18.7 Å². The second-order valence-electron chi connectivity index (χ2n) is 4.69. The Kier molecular flexibility index (Phi) is 3.87. The van der Waals surface area contributed by atoms with E-state index in [4.69, 9.17) is 5.73 Å². The van der Waals surface area contributed by atoms with Crippen molar-refractivity contribution in [1.82, 2.24) is 0 Å². The fourth-order valence-electron chi connectivity index (χ4n) is 1.78. The van der Waals surface area contributed by atoms with Gasteiger partial charge in [-0.1, -0.05) is 0 Å². The van der Waals surface area contributed by atoms with Crippen LogP contribution in [0, 0.1) is 25.5 Å². The van der Waals surface area contributed by atoms with Gasteiger partial charge in [-0.2, -0.15) is 0 Å². The first-order valence-electron chi connectivity index (χ1n) is 6.05. The van der Waals surface area contributed by atoms with Gasteiger partial charge in [0.2, 0.25) is 0 Å². The molecule has 0 aromatic heterocycles. The van der Waals surface area contributed by atoms with E-state index < -0.39 is 21.7 Å². The fraction of sp³-hybridized carbons (Fsp3) is 0.143. The summed E-state index contributed by atoms with van der Waals surface area (Å²) in [5.41, 5.74) is 7.55. The molecule has 0 fully saturated rings. The Morgan fingerprint density at radius 3 is 2.29 bits per heavy atom. The Hall–Kier alpha value is -2.15. The predicted molar refractivity (Wildman–Crippen MR) is 77.5 cm³/mol. The van der Waals surface area contributed by atoms with E-state index in [1.54, 1.807) is 13.8 Å². The number of hydrogen-bond acceptors (Lipinski definition) is 3. The summed E-state index contributed by atoms with van der Waals surface area (Å²) in [7, 11) is -3.92. The molecule has 7 heteroatoms. The topological polar surface area (TPSA) is 72.2 Å². The highest BCUT2D eigenvalue weighted by atomic mass is 32.2. The fourth-order valence-corrected chi connectivity index (χ4v) is 2.95. The lowest BCUT2D eigenvalue weighted by Gasteiger charge is -2.11. The number of nitrogens with one attached hydrogen (secondary N) is 1. The van der Waals surface area contributed by atoms with Gasteiger partial charge in [-0.3, -0.25) is 4.72 Å². The van der Waals surface area contributed by atoms with Crippen LogP contribution < -0.4 is 10.5 Å². The van der Waals surface area contributed by atoms with E-state index in [0.29, 0.717) is 5.69 Å². The van der Waals surface area contributed by atoms with Crippen molar-refractivity contribution >= 4 is 21.4 Å². The Morgan fingerprint density at radius 2 is 1.71 bits per heavy atom. The molecule has 2 aromatic carbocycles. The standard InChI is InChI=1S/C14H14F2N2O2S/c1-8-5-11(7-14(17)9(8)2)21(19,20)18-10-3-4-12(15)13(16)6-10/h3-7,18H,17H2,1-2H3. The van der Waals surface area contributed by atoms with Crippen LogP contribution in [-0.4, -0.2) is 8.42 Å². The Morgan fingerprint density at radius 1 is 1.05 bits per heavy atom. The summed E-state index contributed by atoms with van der Waals surface area (Å²) < 4.78 is 52.6. The Bertz CT molecular complexity index is 782. The van der Waals surface area contributed by atoms with Crippen molar-refractivity contribution in [3.63, 3.8) is 0 Å². The predicted octanol–water partition coefficient (Wildman–Crippen LogP) is 2.96. The number of nitrogen functional groups attached to an aromatic ring is 1. The van der Waals surface area contributed by atoms with Crippen LogP contribution >= 0.6 is 0 Å². The number of nitrogens with two attached hydrogens (primary N) is 1. The molecular weight excluding hydrogens is 298 g/mol. The smallest absolute Gasteiger partial charge is 0.261 e. The molecule has 0 radical (unpaired) electrons. The molecule has 0 unspecified atom stereocenters. The van der Waals surface area contributed by atoms with Crippen LogP contribution in [0.3, 0.4) is 0 Å². The number of aryl methyl sites for hydroxylation is 1. The van der Waals surface area contributed by atoms with E-state index in [1.807, 2.05) is 0 Å². The zero-order valence-electron chi connectivity index (χ0n) is 11.4. The zero-order valence-corrected chi connectivity index (χ0v) is 12.3. The largest absolute Gasteiger partial charge is 0.398 e. The summed E-state index contributed by atoms with van der Waals surface area (Å²) in [5.74, 6) is -2.18. The number of hydrogen-bond donors (Lipinski definition) is 2. The third-order valence-electron chi connectivity index (χ3n) is 3.16. The van der Waals surface area contributed by atoms with Gasteiger partial charge in [-0.25, -0.2) is 17.2 Å². The van der Waals surface area contributed by atoms with Crippen LogP contribution in [0.1, 0.15) is 11.1 Å². The van der Waals surface area contributed by atoms with Crippen molar-refractivity contribution in [3.8, 4) is 0 Å². The highest BCUT2D eigenvalue weighted by Gasteiger charge is 2.17. The molecule has 21 heavy (non-hydrogen) atoms. The SMILES string of the molecule is Cc1cc(S(=O)(=O)Nc2ccc(F)c(F)c2)cc(N)c1C. The summed E-state index contributed by atoms with van der Waals surface area (Å²) >= 11 is 0. The molecule has 3 N–H and O–H groups in total. The third kappa shape index (κ3) is 3.13. The average molecular weight is 312 g/mol. The van der Waals surface area contributed by atoms with Crippen molar-refractivity contribution < 1.29 is 17.2 Å². The van der Waals surface area contributed by atoms with E-state index in [0.717, 1.165) is 29.3 Å². The van der Waals surface area contributed by atoms with Crippen molar-refractivity contribution in [2.24, 2.45) is 0 Å². The maximum absolute atomic E-state index is 13.1. The van der Waals surface area contributed by atoms with Gasteiger partial charge < -0.3 is 5.73 Å². The van der Waals surface area contributed by atoms with E-state index in [1.165, 1.54) is 12.1 Å². The second kappa shape index (κ2) is 5.33. The summed E-state index contributed by atoms with van der Waals surface area (Å²) in [4.78, 5) is -0.0344. The van der Waals surface area contributed by atoms with E-state index in [2.05, 4.69) is 4.72 Å². The molecule has 2 rings (SSSR count). The maximum Gasteiger partial charge on any atom is 0.261 e. The highest BCUT2D eigenvalue weighted by Crippen LogP contribution is 2.24. The molecule has 0 saturated carbocycles. The first-order chi connectivity index (χ1) is 9.70.